The van der Waals surface area contributed by atoms with Crippen molar-refractivity contribution in [3.05, 3.63) is 30.3 Å². The van der Waals surface area contributed by atoms with E-state index < -0.39 is 0 Å². The monoisotopic (exact) mass is 248 g/mol. The summed E-state index contributed by atoms with van der Waals surface area (Å²) in [6, 6.07) is 9.29. The fraction of sp³-hybridized carbons (Fsp3) is 0.500. The molecule has 4 nitrogen and oxygen atoms in total. The van der Waals surface area contributed by atoms with Crippen molar-refractivity contribution in [2.24, 2.45) is 0 Å². The number of nitrogens with zero attached hydrogens (tertiary/aromatic N) is 1. The Hall–Kier alpha value is -1.55. The number of para-hydroxylation sites is 1. The van der Waals surface area contributed by atoms with E-state index in [-0.39, 0.29) is 17.7 Å². The number of hydrogen-bond acceptors (Lipinski definition) is 3. The first-order chi connectivity index (χ1) is 8.45. The van der Waals surface area contributed by atoms with Gasteiger partial charge in [0, 0.05) is 18.6 Å². The molecule has 0 radical (unpaired) electrons. The minimum Gasteiger partial charge on any atom is -0.410 e. The third-order valence-electron chi connectivity index (χ3n) is 3.11. The van der Waals surface area contributed by atoms with Crippen molar-refractivity contribution in [2.45, 2.75) is 32.4 Å². The van der Waals surface area contributed by atoms with E-state index in [1.54, 1.807) is 12.1 Å². The van der Waals surface area contributed by atoms with E-state index in [1.807, 2.05) is 18.2 Å². The highest BCUT2D eigenvalue weighted by Gasteiger charge is 2.35. The van der Waals surface area contributed by atoms with Gasteiger partial charge >= 0.3 is 6.09 Å². The van der Waals surface area contributed by atoms with E-state index in [0.29, 0.717) is 5.75 Å². The number of hydrogen-bond donors (Lipinski definition) is 1. The van der Waals surface area contributed by atoms with E-state index in [1.165, 1.54) is 0 Å². The molecule has 1 aromatic carbocycles. The maximum absolute atomic E-state index is 11.6. The Bertz CT molecular complexity index is 406. The molecular formula is C14H20N2O2. The van der Waals surface area contributed by atoms with Crippen LogP contribution in [0.2, 0.25) is 0 Å². The molecule has 0 aliphatic carbocycles. The van der Waals surface area contributed by atoms with Crippen LogP contribution in [0.1, 0.15) is 20.8 Å². The Balaban J connectivity index is 1.74. The van der Waals surface area contributed by atoms with Crippen molar-refractivity contribution in [1.29, 1.82) is 0 Å². The quantitative estimate of drug-likeness (QED) is 0.873. The first-order valence-electron chi connectivity index (χ1n) is 6.23. The van der Waals surface area contributed by atoms with Crippen LogP contribution in [0.5, 0.6) is 5.75 Å². The van der Waals surface area contributed by atoms with Gasteiger partial charge in [-0.1, -0.05) is 18.2 Å². The molecule has 98 valence electrons. The second kappa shape index (κ2) is 4.98. The van der Waals surface area contributed by atoms with Gasteiger partial charge in [0.2, 0.25) is 0 Å². The molecule has 0 unspecified atom stereocenters. The fourth-order valence-electron chi connectivity index (χ4n) is 1.91. The molecule has 2 rings (SSSR count). The van der Waals surface area contributed by atoms with Crippen LogP contribution in [0.3, 0.4) is 0 Å². The Morgan fingerprint density at radius 3 is 2.44 bits per heavy atom. The molecule has 1 aliphatic rings. The second-order valence-electron chi connectivity index (χ2n) is 5.62. The normalized spacial score (nSPS) is 17.1. The first kappa shape index (κ1) is 12.9. The summed E-state index contributed by atoms with van der Waals surface area (Å²) >= 11 is 0. The van der Waals surface area contributed by atoms with Crippen LogP contribution in [0.15, 0.2) is 30.3 Å². The maximum Gasteiger partial charge on any atom is 0.412 e. The van der Waals surface area contributed by atoms with Crippen molar-refractivity contribution in [3.63, 3.8) is 0 Å². The number of carbonyl (C=O) groups excluding carboxylic acids is 1. The summed E-state index contributed by atoms with van der Waals surface area (Å²) in [4.78, 5) is 13.9. The van der Waals surface area contributed by atoms with Crippen LogP contribution in [0.4, 0.5) is 4.79 Å². The van der Waals surface area contributed by atoms with Crippen LogP contribution >= 0.6 is 0 Å². The van der Waals surface area contributed by atoms with Gasteiger partial charge in [0.25, 0.3) is 0 Å². The van der Waals surface area contributed by atoms with Crippen molar-refractivity contribution in [2.75, 3.05) is 13.1 Å². The van der Waals surface area contributed by atoms with Crippen molar-refractivity contribution in [3.8, 4) is 5.75 Å². The summed E-state index contributed by atoms with van der Waals surface area (Å²) in [6.07, 6.45) is -0.375. The highest BCUT2D eigenvalue weighted by atomic mass is 16.6. The lowest BCUT2D eigenvalue weighted by Crippen LogP contribution is -2.64. The van der Waals surface area contributed by atoms with Gasteiger partial charge < -0.3 is 10.1 Å². The first-order valence-corrected chi connectivity index (χ1v) is 6.23. The molecule has 0 saturated carbocycles. The van der Waals surface area contributed by atoms with E-state index in [0.717, 1.165) is 13.1 Å². The van der Waals surface area contributed by atoms with Crippen LogP contribution in [-0.2, 0) is 0 Å². The van der Waals surface area contributed by atoms with E-state index in [2.05, 4.69) is 31.0 Å². The maximum atomic E-state index is 11.6. The molecule has 0 spiro atoms. The Labute approximate surface area is 108 Å². The van der Waals surface area contributed by atoms with Gasteiger partial charge in [-0.2, -0.15) is 0 Å². The summed E-state index contributed by atoms with van der Waals surface area (Å²) < 4.78 is 5.17. The molecule has 1 N–H and O–H groups in total. The van der Waals surface area contributed by atoms with Gasteiger partial charge in [-0.25, -0.2) is 4.79 Å². The zero-order chi connectivity index (χ0) is 13.2. The molecule has 1 fully saturated rings. The minimum absolute atomic E-state index is 0.168. The molecule has 4 heteroatoms. The topological polar surface area (TPSA) is 41.6 Å². The molecule has 1 heterocycles. The Morgan fingerprint density at radius 1 is 1.28 bits per heavy atom. The molecule has 1 saturated heterocycles. The van der Waals surface area contributed by atoms with Gasteiger partial charge in [0.1, 0.15) is 5.75 Å². The molecule has 18 heavy (non-hydrogen) atoms. The lowest BCUT2D eigenvalue weighted by Gasteiger charge is -2.47. The Kier molecular flexibility index (Phi) is 3.57. The molecule has 1 aromatic rings. The zero-order valence-corrected chi connectivity index (χ0v) is 11.1. The molecule has 0 bridgehead atoms. The largest absolute Gasteiger partial charge is 0.412 e. The highest BCUT2D eigenvalue weighted by Crippen LogP contribution is 2.21. The number of carbonyl (C=O) groups is 1. The van der Waals surface area contributed by atoms with Crippen molar-refractivity contribution in [1.82, 2.24) is 10.2 Å². The molecule has 0 aromatic heterocycles. The van der Waals surface area contributed by atoms with Crippen LogP contribution in [0, 0.1) is 0 Å². The van der Waals surface area contributed by atoms with Crippen molar-refractivity contribution < 1.29 is 9.53 Å². The van der Waals surface area contributed by atoms with Gasteiger partial charge in [0.15, 0.2) is 0 Å². The van der Waals surface area contributed by atoms with Crippen LogP contribution in [-0.4, -0.2) is 35.7 Å². The number of rotatable bonds is 2. The lowest BCUT2D eigenvalue weighted by atomic mass is 9.98. The third kappa shape index (κ3) is 3.23. The summed E-state index contributed by atoms with van der Waals surface area (Å²) in [5.74, 6) is 0.571. The van der Waals surface area contributed by atoms with Gasteiger partial charge in [0.05, 0.1) is 6.04 Å². The third-order valence-corrected chi connectivity index (χ3v) is 3.11. The fourth-order valence-corrected chi connectivity index (χ4v) is 1.91. The summed E-state index contributed by atoms with van der Waals surface area (Å²) in [7, 11) is 0. The predicted octanol–water partition coefficient (Wildman–Crippen LogP) is 2.26. The second-order valence-corrected chi connectivity index (χ2v) is 5.62. The molecular weight excluding hydrogens is 228 g/mol. The summed E-state index contributed by atoms with van der Waals surface area (Å²) in [5.41, 5.74) is 0.168. The molecule has 1 aliphatic heterocycles. The highest BCUT2D eigenvalue weighted by molar-refractivity contribution is 5.70. The van der Waals surface area contributed by atoms with E-state index in [9.17, 15) is 4.79 Å². The summed E-state index contributed by atoms with van der Waals surface area (Å²) in [6.45, 7) is 8.28. The number of amides is 1. The standard InChI is InChI=1S/C14H20N2O2/c1-14(2,3)16-9-11(10-16)15-13(17)18-12-7-5-4-6-8-12/h4-8,11H,9-10H2,1-3H3,(H,15,17). The number of benzene rings is 1. The SMILES string of the molecule is CC(C)(C)N1CC(NC(=O)Oc2ccccc2)C1. The van der Waals surface area contributed by atoms with Gasteiger partial charge in [-0.15, -0.1) is 0 Å². The minimum atomic E-state index is -0.375. The van der Waals surface area contributed by atoms with E-state index >= 15 is 0 Å². The number of likely N-dealkylation sites (tertiary alicyclic amines) is 1. The number of nitrogens with one attached hydrogen (secondary N) is 1. The predicted molar refractivity (Wildman–Crippen MR) is 70.7 cm³/mol. The van der Waals surface area contributed by atoms with Crippen LogP contribution in [0.25, 0.3) is 0 Å². The van der Waals surface area contributed by atoms with Gasteiger partial charge in [-0.05, 0) is 32.9 Å². The molecule has 0 atom stereocenters. The van der Waals surface area contributed by atoms with Crippen molar-refractivity contribution >= 4 is 6.09 Å². The average Bonchev–Trinajstić information content (AvgIpc) is 2.22. The van der Waals surface area contributed by atoms with Crippen LogP contribution < -0.4 is 10.1 Å². The van der Waals surface area contributed by atoms with Gasteiger partial charge in [-0.3, -0.25) is 4.90 Å². The zero-order valence-electron chi connectivity index (χ0n) is 11.1. The lowest BCUT2D eigenvalue weighted by molar-refractivity contribution is 0.0363. The van der Waals surface area contributed by atoms with E-state index in [4.69, 9.17) is 4.74 Å². The number of ether oxygens (including phenoxy) is 1. The smallest absolute Gasteiger partial charge is 0.410 e. The average molecular weight is 248 g/mol. The Morgan fingerprint density at radius 2 is 1.89 bits per heavy atom. The summed E-state index contributed by atoms with van der Waals surface area (Å²) in [5, 5.41) is 2.86. The molecule has 1 amide bonds.